The van der Waals surface area contributed by atoms with E-state index in [1.807, 2.05) is 0 Å². The van der Waals surface area contributed by atoms with Gasteiger partial charge in [0.2, 0.25) is 0 Å². The van der Waals surface area contributed by atoms with Gasteiger partial charge < -0.3 is 21.1 Å². The molecule has 1 aromatic rings. The molecule has 0 aromatic heterocycles. The van der Waals surface area contributed by atoms with Crippen LogP contribution in [0.2, 0.25) is 0 Å². The Hall–Kier alpha value is -1.75. The van der Waals surface area contributed by atoms with Crippen LogP contribution in [0.4, 0.5) is 11.4 Å². The van der Waals surface area contributed by atoms with Crippen molar-refractivity contribution in [2.75, 3.05) is 30.7 Å². The van der Waals surface area contributed by atoms with Crippen LogP contribution in [-0.4, -0.2) is 41.7 Å². The van der Waals surface area contributed by atoms with Gasteiger partial charge in [0.1, 0.15) is 0 Å². The van der Waals surface area contributed by atoms with E-state index in [1.165, 1.54) is 25.9 Å². The molecule has 3 saturated heterocycles. The van der Waals surface area contributed by atoms with Crippen LogP contribution >= 0.6 is 0 Å². The minimum absolute atomic E-state index is 0.297. The number of nitrogens with two attached hydrogens (primary N) is 1. The normalized spacial score (nSPS) is 29.2. The first kappa shape index (κ1) is 12.3. The second kappa shape index (κ2) is 4.74. The van der Waals surface area contributed by atoms with Crippen molar-refractivity contribution in [3.05, 3.63) is 23.8 Å². The Kier molecular flexibility index (Phi) is 3.06. The van der Waals surface area contributed by atoms with E-state index in [0.29, 0.717) is 28.9 Å². The van der Waals surface area contributed by atoms with E-state index in [-0.39, 0.29) is 0 Å². The molecule has 1 atom stereocenters. The SMILES string of the molecule is Nc1ccc(C(=O)O)c(NC2CN3CCC2CC3)c1. The molecule has 4 N–H and O–H groups in total. The predicted molar refractivity (Wildman–Crippen MR) is 74.4 cm³/mol. The molecule has 0 amide bonds. The van der Waals surface area contributed by atoms with Crippen LogP contribution < -0.4 is 11.1 Å². The van der Waals surface area contributed by atoms with Gasteiger partial charge in [-0.2, -0.15) is 0 Å². The molecular weight excluding hydrogens is 242 g/mol. The second-order valence-corrected chi connectivity index (χ2v) is 5.50. The highest BCUT2D eigenvalue weighted by Gasteiger charge is 2.34. The van der Waals surface area contributed by atoms with Crippen molar-refractivity contribution in [2.45, 2.75) is 18.9 Å². The van der Waals surface area contributed by atoms with E-state index >= 15 is 0 Å². The average Bonchev–Trinajstić information content (AvgIpc) is 2.40. The standard InChI is InChI=1S/C14H19N3O2/c15-10-1-2-11(14(18)19)12(7-10)16-13-8-17-5-3-9(13)4-6-17/h1-2,7,9,13,16H,3-6,8,15H2,(H,18,19). The quantitative estimate of drug-likeness (QED) is 0.718. The third kappa shape index (κ3) is 2.38. The van der Waals surface area contributed by atoms with Gasteiger partial charge in [0, 0.05) is 18.3 Å². The highest BCUT2D eigenvalue weighted by Crippen LogP contribution is 2.31. The summed E-state index contributed by atoms with van der Waals surface area (Å²) in [6.45, 7) is 3.34. The number of anilines is 2. The molecule has 0 radical (unpaired) electrons. The maximum absolute atomic E-state index is 11.2. The Morgan fingerprint density at radius 3 is 2.68 bits per heavy atom. The Labute approximate surface area is 112 Å². The number of aromatic carboxylic acids is 1. The number of nitrogen functional groups attached to an aromatic ring is 1. The summed E-state index contributed by atoms with van der Waals surface area (Å²) in [5.41, 5.74) is 7.30. The number of carboxylic acids is 1. The third-order valence-corrected chi connectivity index (χ3v) is 4.27. The summed E-state index contributed by atoms with van der Waals surface area (Å²) in [6.07, 6.45) is 2.39. The van der Waals surface area contributed by atoms with Crippen LogP contribution in [0.25, 0.3) is 0 Å². The lowest BCUT2D eigenvalue weighted by atomic mass is 9.84. The summed E-state index contributed by atoms with van der Waals surface area (Å²) in [5, 5.41) is 12.6. The molecule has 3 fully saturated rings. The van der Waals surface area contributed by atoms with Gasteiger partial charge in [-0.15, -0.1) is 0 Å². The first-order valence-electron chi connectivity index (χ1n) is 6.75. The maximum atomic E-state index is 11.2. The number of carbonyl (C=O) groups is 1. The van der Waals surface area contributed by atoms with Gasteiger partial charge in [0.05, 0.1) is 11.3 Å². The number of nitrogens with zero attached hydrogens (tertiary/aromatic N) is 1. The van der Waals surface area contributed by atoms with Crippen LogP contribution in [0.15, 0.2) is 18.2 Å². The van der Waals surface area contributed by atoms with Gasteiger partial charge in [0.15, 0.2) is 0 Å². The second-order valence-electron chi connectivity index (χ2n) is 5.50. The van der Waals surface area contributed by atoms with Crippen molar-refractivity contribution in [1.29, 1.82) is 0 Å². The van der Waals surface area contributed by atoms with Gasteiger partial charge in [-0.3, -0.25) is 0 Å². The highest BCUT2D eigenvalue weighted by molar-refractivity contribution is 5.95. The summed E-state index contributed by atoms with van der Waals surface area (Å²) in [7, 11) is 0. The molecule has 2 bridgehead atoms. The molecule has 0 spiro atoms. The van der Waals surface area contributed by atoms with Crippen LogP contribution in [0, 0.1) is 5.92 Å². The number of benzene rings is 1. The minimum atomic E-state index is -0.913. The zero-order chi connectivity index (χ0) is 13.4. The molecule has 1 unspecified atom stereocenters. The van der Waals surface area contributed by atoms with Gasteiger partial charge >= 0.3 is 5.97 Å². The first-order chi connectivity index (χ1) is 9.13. The van der Waals surface area contributed by atoms with Crippen molar-refractivity contribution in [3.8, 4) is 0 Å². The number of carboxylic acid groups (broad SMARTS) is 1. The molecule has 3 aliphatic heterocycles. The molecular formula is C14H19N3O2. The van der Waals surface area contributed by atoms with Crippen LogP contribution in [0.3, 0.4) is 0 Å². The summed E-state index contributed by atoms with van der Waals surface area (Å²) < 4.78 is 0. The number of rotatable bonds is 3. The van der Waals surface area contributed by atoms with Crippen molar-refractivity contribution in [3.63, 3.8) is 0 Å². The molecule has 102 valence electrons. The van der Waals surface area contributed by atoms with E-state index in [2.05, 4.69) is 10.2 Å². The predicted octanol–water partition coefficient (Wildman–Crippen LogP) is 1.47. The third-order valence-electron chi connectivity index (χ3n) is 4.27. The first-order valence-corrected chi connectivity index (χ1v) is 6.75. The lowest BCUT2D eigenvalue weighted by Crippen LogP contribution is -2.53. The maximum Gasteiger partial charge on any atom is 0.337 e. The van der Waals surface area contributed by atoms with E-state index in [0.717, 1.165) is 6.54 Å². The number of hydrogen-bond donors (Lipinski definition) is 3. The van der Waals surface area contributed by atoms with Crippen molar-refractivity contribution >= 4 is 17.3 Å². The fourth-order valence-corrected chi connectivity index (χ4v) is 3.20. The lowest BCUT2D eigenvalue weighted by Gasteiger charge is -2.45. The summed E-state index contributed by atoms with van der Waals surface area (Å²) in [6, 6.07) is 5.26. The number of nitrogens with one attached hydrogen (secondary N) is 1. The monoisotopic (exact) mass is 261 g/mol. The molecule has 5 nitrogen and oxygen atoms in total. The van der Waals surface area contributed by atoms with Crippen LogP contribution in [-0.2, 0) is 0 Å². The smallest absolute Gasteiger partial charge is 0.337 e. The largest absolute Gasteiger partial charge is 0.478 e. The summed E-state index contributed by atoms with van der Waals surface area (Å²) in [4.78, 5) is 13.7. The van der Waals surface area contributed by atoms with Crippen molar-refractivity contribution in [1.82, 2.24) is 4.90 Å². The molecule has 0 saturated carbocycles. The van der Waals surface area contributed by atoms with Crippen LogP contribution in [0.1, 0.15) is 23.2 Å². The topological polar surface area (TPSA) is 78.6 Å². The lowest BCUT2D eigenvalue weighted by molar-refractivity contribution is 0.0697. The summed E-state index contributed by atoms with van der Waals surface area (Å²) >= 11 is 0. The fourth-order valence-electron chi connectivity index (χ4n) is 3.20. The zero-order valence-corrected chi connectivity index (χ0v) is 10.8. The van der Waals surface area contributed by atoms with E-state index in [4.69, 9.17) is 5.73 Å². The average molecular weight is 261 g/mol. The summed E-state index contributed by atoms with van der Waals surface area (Å²) in [5.74, 6) is -0.267. The Balaban J connectivity index is 1.83. The highest BCUT2D eigenvalue weighted by atomic mass is 16.4. The molecule has 3 heterocycles. The molecule has 19 heavy (non-hydrogen) atoms. The van der Waals surface area contributed by atoms with Gasteiger partial charge in [-0.05, 0) is 50.0 Å². The molecule has 3 aliphatic rings. The van der Waals surface area contributed by atoms with Crippen molar-refractivity contribution in [2.24, 2.45) is 5.92 Å². The number of hydrogen-bond acceptors (Lipinski definition) is 4. The van der Waals surface area contributed by atoms with E-state index < -0.39 is 5.97 Å². The van der Waals surface area contributed by atoms with Crippen molar-refractivity contribution < 1.29 is 9.90 Å². The van der Waals surface area contributed by atoms with E-state index in [1.54, 1.807) is 18.2 Å². The molecule has 1 aromatic carbocycles. The molecule has 5 heteroatoms. The number of fused-ring (bicyclic) bond motifs is 3. The zero-order valence-electron chi connectivity index (χ0n) is 10.8. The van der Waals surface area contributed by atoms with Gasteiger partial charge in [-0.25, -0.2) is 4.79 Å². The van der Waals surface area contributed by atoms with Crippen LogP contribution in [0.5, 0.6) is 0 Å². The Morgan fingerprint density at radius 2 is 2.11 bits per heavy atom. The molecule has 4 rings (SSSR count). The molecule has 0 aliphatic carbocycles. The van der Waals surface area contributed by atoms with Gasteiger partial charge in [0.25, 0.3) is 0 Å². The fraction of sp³-hybridized carbons (Fsp3) is 0.500. The Bertz CT molecular complexity index is 495. The van der Waals surface area contributed by atoms with E-state index in [9.17, 15) is 9.90 Å². The number of piperidine rings is 3. The minimum Gasteiger partial charge on any atom is -0.478 e. The Morgan fingerprint density at radius 1 is 1.37 bits per heavy atom. The van der Waals surface area contributed by atoms with Gasteiger partial charge in [-0.1, -0.05) is 0 Å².